The number of hydrogen-bond donors (Lipinski definition) is 1. The van der Waals surface area contributed by atoms with E-state index in [2.05, 4.69) is 18.8 Å². The van der Waals surface area contributed by atoms with E-state index in [1.807, 2.05) is 19.9 Å². The molecule has 0 rings (SSSR count). The maximum atomic E-state index is 5.41. The molecule has 0 amide bonds. The number of ether oxygens (including phenoxy) is 1. The Balaban J connectivity index is 3.43. The van der Waals surface area contributed by atoms with E-state index >= 15 is 0 Å². The van der Waals surface area contributed by atoms with Crippen LogP contribution in [0.5, 0.6) is 0 Å². The monoisotopic (exact) mass is 157 g/mol. The highest BCUT2D eigenvalue weighted by Gasteiger charge is 2.02. The summed E-state index contributed by atoms with van der Waals surface area (Å²) in [5, 5.41) is 3.24. The predicted octanol–water partition coefficient (Wildman–Crippen LogP) is 1.58. The van der Waals surface area contributed by atoms with Crippen LogP contribution in [0.4, 0.5) is 0 Å². The van der Waals surface area contributed by atoms with Gasteiger partial charge < -0.3 is 10.1 Å². The Morgan fingerprint density at radius 3 is 2.55 bits per heavy atom. The molecule has 0 aliphatic heterocycles. The van der Waals surface area contributed by atoms with Gasteiger partial charge in [0.05, 0.1) is 12.7 Å². The highest BCUT2D eigenvalue weighted by molar-refractivity contribution is 4.84. The molecule has 0 bridgehead atoms. The van der Waals surface area contributed by atoms with Crippen LogP contribution in [0.2, 0.25) is 0 Å². The van der Waals surface area contributed by atoms with Crippen molar-refractivity contribution in [1.82, 2.24) is 5.32 Å². The number of likely N-dealkylation sites (N-methyl/N-ethyl adjacent to an activating group) is 1. The highest BCUT2D eigenvalue weighted by Crippen LogP contribution is 1.92. The number of nitrogens with one attached hydrogen (secondary N) is 1. The third-order valence-electron chi connectivity index (χ3n) is 1.36. The smallest absolute Gasteiger partial charge is 0.0658 e. The van der Waals surface area contributed by atoms with Gasteiger partial charge in [0.2, 0.25) is 0 Å². The van der Waals surface area contributed by atoms with Crippen LogP contribution in [-0.4, -0.2) is 25.3 Å². The van der Waals surface area contributed by atoms with Gasteiger partial charge in [-0.05, 0) is 20.4 Å². The molecule has 2 nitrogen and oxygen atoms in total. The minimum absolute atomic E-state index is 0.294. The highest BCUT2D eigenvalue weighted by atomic mass is 16.5. The van der Waals surface area contributed by atoms with Crippen molar-refractivity contribution in [2.75, 3.05) is 13.2 Å². The minimum Gasteiger partial charge on any atom is -0.377 e. The fourth-order valence-corrected chi connectivity index (χ4v) is 0.769. The summed E-state index contributed by atoms with van der Waals surface area (Å²) in [7, 11) is 0. The van der Waals surface area contributed by atoms with Crippen molar-refractivity contribution in [3.05, 3.63) is 12.7 Å². The zero-order valence-corrected chi connectivity index (χ0v) is 7.76. The molecule has 0 aliphatic carbocycles. The van der Waals surface area contributed by atoms with Gasteiger partial charge in [-0.1, -0.05) is 13.0 Å². The molecule has 0 aromatic rings. The molecular formula is C9H19NO. The molecule has 0 aromatic carbocycles. The van der Waals surface area contributed by atoms with Gasteiger partial charge in [-0.25, -0.2) is 0 Å². The van der Waals surface area contributed by atoms with Crippen LogP contribution >= 0.6 is 0 Å². The van der Waals surface area contributed by atoms with Gasteiger partial charge in [-0.3, -0.25) is 0 Å². The normalized spacial score (nSPS) is 13.5. The average molecular weight is 157 g/mol. The van der Waals surface area contributed by atoms with E-state index in [9.17, 15) is 0 Å². The molecule has 0 spiro atoms. The third kappa shape index (κ3) is 6.07. The first-order valence-electron chi connectivity index (χ1n) is 4.18. The van der Waals surface area contributed by atoms with Crippen molar-refractivity contribution in [3.63, 3.8) is 0 Å². The van der Waals surface area contributed by atoms with Crippen molar-refractivity contribution in [3.8, 4) is 0 Å². The second-order valence-corrected chi connectivity index (χ2v) is 2.78. The fourth-order valence-electron chi connectivity index (χ4n) is 0.769. The van der Waals surface area contributed by atoms with Crippen LogP contribution in [0.1, 0.15) is 20.8 Å². The van der Waals surface area contributed by atoms with E-state index in [1.54, 1.807) is 0 Å². The van der Waals surface area contributed by atoms with Gasteiger partial charge in [0.25, 0.3) is 0 Å². The SMILES string of the molecule is C=CC(COC(C)C)NCC. The Kier molecular flexibility index (Phi) is 6.18. The van der Waals surface area contributed by atoms with E-state index in [0.717, 1.165) is 13.2 Å². The lowest BCUT2D eigenvalue weighted by Gasteiger charge is -2.15. The zero-order valence-electron chi connectivity index (χ0n) is 7.76. The van der Waals surface area contributed by atoms with Crippen molar-refractivity contribution < 1.29 is 4.74 Å². The lowest BCUT2D eigenvalue weighted by atomic mass is 10.3. The molecule has 0 heterocycles. The molecule has 1 N–H and O–H groups in total. The molecular weight excluding hydrogens is 138 g/mol. The van der Waals surface area contributed by atoms with Crippen LogP contribution in [0.3, 0.4) is 0 Å². The van der Waals surface area contributed by atoms with Gasteiger partial charge in [0, 0.05) is 6.04 Å². The third-order valence-corrected chi connectivity index (χ3v) is 1.36. The second kappa shape index (κ2) is 6.38. The molecule has 0 fully saturated rings. The minimum atomic E-state index is 0.294. The Morgan fingerprint density at radius 1 is 1.55 bits per heavy atom. The van der Waals surface area contributed by atoms with E-state index in [1.165, 1.54) is 0 Å². The largest absolute Gasteiger partial charge is 0.377 e. The molecule has 0 aliphatic rings. The number of hydrogen-bond acceptors (Lipinski definition) is 2. The molecule has 0 saturated carbocycles. The Morgan fingerprint density at radius 2 is 2.18 bits per heavy atom. The van der Waals surface area contributed by atoms with Crippen LogP contribution in [-0.2, 0) is 4.74 Å². The van der Waals surface area contributed by atoms with Crippen molar-refractivity contribution in [2.24, 2.45) is 0 Å². The van der Waals surface area contributed by atoms with Crippen LogP contribution < -0.4 is 5.32 Å². The topological polar surface area (TPSA) is 21.3 Å². The van der Waals surface area contributed by atoms with Crippen molar-refractivity contribution >= 4 is 0 Å². The van der Waals surface area contributed by atoms with Crippen LogP contribution in [0.15, 0.2) is 12.7 Å². The van der Waals surface area contributed by atoms with Crippen molar-refractivity contribution in [1.29, 1.82) is 0 Å². The Bertz CT molecular complexity index is 102. The summed E-state index contributed by atoms with van der Waals surface area (Å²) in [6, 6.07) is 0.294. The van der Waals surface area contributed by atoms with Crippen molar-refractivity contribution in [2.45, 2.75) is 32.9 Å². The van der Waals surface area contributed by atoms with Crippen LogP contribution in [0.25, 0.3) is 0 Å². The molecule has 0 saturated heterocycles. The van der Waals surface area contributed by atoms with E-state index < -0.39 is 0 Å². The number of rotatable bonds is 6. The Labute approximate surface area is 69.6 Å². The summed E-state index contributed by atoms with van der Waals surface area (Å²) >= 11 is 0. The van der Waals surface area contributed by atoms with Gasteiger partial charge >= 0.3 is 0 Å². The summed E-state index contributed by atoms with van der Waals surface area (Å²) in [4.78, 5) is 0. The molecule has 0 aromatic heterocycles. The molecule has 66 valence electrons. The molecule has 1 unspecified atom stereocenters. The molecule has 2 heteroatoms. The summed E-state index contributed by atoms with van der Waals surface area (Å²) in [5.74, 6) is 0. The molecule has 0 radical (unpaired) electrons. The first kappa shape index (κ1) is 10.7. The summed E-state index contributed by atoms with van der Waals surface area (Å²) in [6.07, 6.45) is 2.18. The van der Waals surface area contributed by atoms with Gasteiger partial charge in [0.15, 0.2) is 0 Å². The molecule has 1 atom stereocenters. The molecule has 11 heavy (non-hydrogen) atoms. The van der Waals surface area contributed by atoms with E-state index in [-0.39, 0.29) is 0 Å². The summed E-state index contributed by atoms with van der Waals surface area (Å²) in [6.45, 7) is 11.5. The summed E-state index contributed by atoms with van der Waals surface area (Å²) < 4.78 is 5.41. The standard InChI is InChI=1S/C9H19NO/c1-5-9(10-6-2)7-11-8(3)4/h5,8-10H,1,6-7H2,2-4H3. The Hall–Kier alpha value is -0.340. The van der Waals surface area contributed by atoms with Gasteiger partial charge in [-0.2, -0.15) is 0 Å². The predicted molar refractivity (Wildman–Crippen MR) is 48.7 cm³/mol. The fraction of sp³-hybridized carbons (Fsp3) is 0.778. The first-order chi connectivity index (χ1) is 5.20. The zero-order chi connectivity index (χ0) is 8.69. The van der Waals surface area contributed by atoms with E-state index in [4.69, 9.17) is 4.74 Å². The maximum Gasteiger partial charge on any atom is 0.0658 e. The summed E-state index contributed by atoms with van der Waals surface area (Å²) in [5.41, 5.74) is 0. The average Bonchev–Trinajstić information content (AvgIpc) is 1.97. The van der Waals surface area contributed by atoms with E-state index in [0.29, 0.717) is 12.1 Å². The van der Waals surface area contributed by atoms with Crippen LogP contribution in [0, 0.1) is 0 Å². The lowest BCUT2D eigenvalue weighted by molar-refractivity contribution is 0.0698. The second-order valence-electron chi connectivity index (χ2n) is 2.78. The van der Waals surface area contributed by atoms with Gasteiger partial charge in [0.1, 0.15) is 0 Å². The van der Waals surface area contributed by atoms with Gasteiger partial charge in [-0.15, -0.1) is 6.58 Å². The maximum absolute atomic E-state index is 5.41. The lowest BCUT2D eigenvalue weighted by Crippen LogP contribution is -2.32. The quantitative estimate of drug-likeness (QED) is 0.591. The first-order valence-corrected chi connectivity index (χ1v) is 4.18.